The lowest BCUT2D eigenvalue weighted by Crippen LogP contribution is -2.46. The van der Waals surface area contributed by atoms with Crippen LogP contribution >= 0.6 is 0 Å². The fourth-order valence-electron chi connectivity index (χ4n) is 3.19. The molecule has 7 nitrogen and oxygen atoms in total. The normalized spacial score (nSPS) is 19.3. The third kappa shape index (κ3) is 5.02. The summed E-state index contributed by atoms with van der Waals surface area (Å²) in [5, 5.41) is 23.3. The Morgan fingerprint density at radius 2 is 2.16 bits per heavy atom. The van der Waals surface area contributed by atoms with E-state index in [1.54, 1.807) is 36.9 Å². The minimum atomic E-state index is -0.563. The fourth-order valence-corrected chi connectivity index (χ4v) is 3.19. The maximum atomic E-state index is 10.4. The molecule has 132 valence electrons. The summed E-state index contributed by atoms with van der Waals surface area (Å²) in [6, 6.07) is 9.35. The van der Waals surface area contributed by atoms with Gasteiger partial charge in [0, 0.05) is 12.6 Å². The van der Waals surface area contributed by atoms with E-state index >= 15 is 0 Å². The van der Waals surface area contributed by atoms with Crippen LogP contribution in [0.4, 0.5) is 0 Å². The molecule has 0 saturated carbocycles. The first-order chi connectivity index (χ1) is 12.2. The Morgan fingerprint density at radius 3 is 2.88 bits per heavy atom. The molecule has 1 aromatic carbocycles. The summed E-state index contributed by atoms with van der Waals surface area (Å²) in [6.07, 6.45) is 6.17. The Morgan fingerprint density at radius 1 is 1.32 bits per heavy atom. The molecule has 1 saturated heterocycles. The van der Waals surface area contributed by atoms with E-state index in [1.165, 1.54) is 6.42 Å². The van der Waals surface area contributed by atoms with Crippen molar-refractivity contribution in [1.29, 1.82) is 5.26 Å². The van der Waals surface area contributed by atoms with Crippen molar-refractivity contribution >= 4 is 0 Å². The van der Waals surface area contributed by atoms with Gasteiger partial charge in [-0.1, -0.05) is 6.42 Å². The minimum Gasteiger partial charge on any atom is -0.491 e. The van der Waals surface area contributed by atoms with Crippen molar-refractivity contribution in [3.63, 3.8) is 0 Å². The second-order valence-electron chi connectivity index (χ2n) is 6.36. The lowest BCUT2D eigenvalue weighted by Gasteiger charge is -2.36. The van der Waals surface area contributed by atoms with E-state index in [4.69, 9.17) is 10.00 Å². The first kappa shape index (κ1) is 17.4. The highest BCUT2D eigenvalue weighted by Crippen LogP contribution is 2.19. The molecule has 2 heterocycles. The standard InChI is InChI=1S/C18H23N5O2/c19-9-15-4-6-18(7-5-15)25-12-17(24)11-22-8-2-1-3-16(22)10-23-14-20-13-21-23/h4-7,13-14,16-17,24H,1-3,8,10-12H2/t16-,17-/m1/s1. The van der Waals surface area contributed by atoms with Crippen LogP contribution in [0.1, 0.15) is 24.8 Å². The number of aromatic nitrogens is 3. The average molecular weight is 341 g/mol. The van der Waals surface area contributed by atoms with E-state index in [9.17, 15) is 5.11 Å². The van der Waals surface area contributed by atoms with Gasteiger partial charge in [-0.2, -0.15) is 10.4 Å². The number of hydrogen-bond acceptors (Lipinski definition) is 6. The molecule has 25 heavy (non-hydrogen) atoms. The van der Waals surface area contributed by atoms with Gasteiger partial charge in [0.15, 0.2) is 0 Å². The number of benzene rings is 1. The second kappa shape index (κ2) is 8.60. The number of likely N-dealkylation sites (tertiary alicyclic amines) is 1. The van der Waals surface area contributed by atoms with Crippen molar-refractivity contribution in [3.8, 4) is 11.8 Å². The summed E-state index contributed by atoms with van der Waals surface area (Å²) in [4.78, 5) is 6.31. The number of aliphatic hydroxyl groups excluding tert-OH is 1. The highest BCUT2D eigenvalue weighted by atomic mass is 16.5. The second-order valence-corrected chi connectivity index (χ2v) is 6.36. The Bertz CT molecular complexity index is 680. The van der Waals surface area contributed by atoms with Crippen LogP contribution in [0.5, 0.6) is 5.75 Å². The number of nitrogens with zero attached hydrogens (tertiary/aromatic N) is 5. The van der Waals surface area contributed by atoms with Crippen LogP contribution in [-0.2, 0) is 6.54 Å². The van der Waals surface area contributed by atoms with Gasteiger partial charge in [-0.25, -0.2) is 4.98 Å². The topological polar surface area (TPSA) is 87.2 Å². The smallest absolute Gasteiger partial charge is 0.137 e. The predicted octanol–water partition coefficient (Wildman–Crippen LogP) is 1.44. The van der Waals surface area contributed by atoms with Gasteiger partial charge in [-0.15, -0.1) is 0 Å². The number of nitriles is 1. The quantitative estimate of drug-likeness (QED) is 0.820. The number of rotatable bonds is 7. The molecular weight excluding hydrogens is 318 g/mol. The van der Waals surface area contributed by atoms with Gasteiger partial charge in [0.25, 0.3) is 0 Å². The first-order valence-corrected chi connectivity index (χ1v) is 8.62. The number of ether oxygens (including phenoxy) is 1. The maximum absolute atomic E-state index is 10.4. The Balaban J connectivity index is 1.49. The van der Waals surface area contributed by atoms with Crippen LogP contribution in [0.25, 0.3) is 0 Å². The lowest BCUT2D eigenvalue weighted by molar-refractivity contribution is 0.0345. The number of hydrogen-bond donors (Lipinski definition) is 1. The van der Waals surface area contributed by atoms with E-state index in [0.29, 0.717) is 23.9 Å². The highest BCUT2D eigenvalue weighted by Gasteiger charge is 2.25. The van der Waals surface area contributed by atoms with Crippen molar-refractivity contribution in [3.05, 3.63) is 42.5 Å². The van der Waals surface area contributed by atoms with Crippen LogP contribution in [0, 0.1) is 11.3 Å². The molecule has 0 spiro atoms. The molecule has 1 aliphatic rings. The van der Waals surface area contributed by atoms with Gasteiger partial charge in [0.2, 0.25) is 0 Å². The molecule has 3 rings (SSSR count). The summed E-state index contributed by atoms with van der Waals surface area (Å²) in [7, 11) is 0. The number of β-amino-alcohol motifs (C(OH)–C–C–N with tert-alkyl or cyclic N) is 1. The van der Waals surface area contributed by atoms with Crippen molar-refractivity contribution in [2.75, 3.05) is 19.7 Å². The lowest BCUT2D eigenvalue weighted by atomic mass is 10.0. The monoisotopic (exact) mass is 341 g/mol. The van der Waals surface area contributed by atoms with Crippen LogP contribution in [0.15, 0.2) is 36.9 Å². The predicted molar refractivity (Wildman–Crippen MR) is 91.9 cm³/mol. The van der Waals surface area contributed by atoms with Gasteiger partial charge < -0.3 is 9.84 Å². The zero-order valence-electron chi connectivity index (χ0n) is 14.2. The Labute approximate surface area is 147 Å². The molecule has 0 bridgehead atoms. The van der Waals surface area contributed by atoms with Crippen molar-refractivity contribution in [2.45, 2.75) is 38.0 Å². The largest absolute Gasteiger partial charge is 0.491 e. The number of aliphatic hydroxyl groups is 1. The van der Waals surface area contributed by atoms with Gasteiger partial charge >= 0.3 is 0 Å². The molecule has 1 N–H and O–H groups in total. The molecule has 7 heteroatoms. The van der Waals surface area contributed by atoms with E-state index < -0.39 is 6.10 Å². The zero-order chi connectivity index (χ0) is 17.5. The Kier molecular flexibility index (Phi) is 5.99. The van der Waals surface area contributed by atoms with Gasteiger partial charge in [-0.3, -0.25) is 9.58 Å². The average Bonchev–Trinajstić information content (AvgIpc) is 3.15. The summed E-state index contributed by atoms with van der Waals surface area (Å²) in [5.74, 6) is 0.663. The zero-order valence-corrected chi connectivity index (χ0v) is 14.2. The molecule has 0 amide bonds. The van der Waals surface area contributed by atoms with Gasteiger partial charge in [-0.05, 0) is 43.7 Å². The van der Waals surface area contributed by atoms with E-state index in [0.717, 1.165) is 25.9 Å². The van der Waals surface area contributed by atoms with Crippen LogP contribution < -0.4 is 4.74 Å². The molecule has 0 aliphatic carbocycles. The summed E-state index contributed by atoms with van der Waals surface area (Å²) < 4.78 is 7.49. The molecule has 0 unspecified atom stereocenters. The summed E-state index contributed by atoms with van der Waals surface area (Å²) >= 11 is 0. The van der Waals surface area contributed by atoms with Gasteiger partial charge in [0.05, 0.1) is 18.2 Å². The number of piperidine rings is 1. The van der Waals surface area contributed by atoms with Crippen LogP contribution in [-0.4, -0.2) is 56.6 Å². The van der Waals surface area contributed by atoms with Crippen molar-refractivity contribution in [2.24, 2.45) is 0 Å². The molecule has 1 fully saturated rings. The summed E-state index contributed by atoms with van der Waals surface area (Å²) in [6.45, 7) is 2.59. The molecule has 1 aromatic heterocycles. The molecule has 0 radical (unpaired) electrons. The van der Waals surface area contributed by atoms with Crippen molar-refractivity contribution < 1.29 is 9.84 Å². The highest BCUT2D eigenvalue weighted by molar-refractivity contribution is 5.34. The molecule has 2 atom stereocenters. The van der Waals surface area contributed by atoms with E-state index in [1.807, 2.05) is 4.68 Å². The van der Waals surface area contributed by atoms with E-state index in [2.05, 4.69) is 21.1 Å². The SMILES string of the molecule is N#Cc1ccc(OC[C@H](O)CN2CCCC[C@@H]2Cn2cncn2)cc1. The Hall–Kier alpha value is -2.43. The minimum absolute atomic E-state index is 0.235. The first-order valence-electron chi connectivity index (χ1n) is 8.62. The van der Waals surface area contributed by atoms with Gasteiger partial charge in [0.1, 0.15) is 31.1 Å². The summed E-state index contributed by atoms with van der Waals surface area (Å²) in [5.41, 5.74) is 0.595. The van der Waals surface area contributed by atoms with Crippen molar-refractivity contribution in [1.82, 2.24) is 19.7 Å². The third-order valence-electron chi connectivity index (χ3n) is 4.48. The maximum Gasteiger partial charge on any atom is 0.137 e. The van der Waals surface area contributed by atoms with Crippen LogP contribution in [0.3, 0.4) is 0 Å². The molecule has 2 aromatic rings. The third-order valence-corrected chi connectivity index (χ3v) is 4.48. The fraction of sp³-hybridized carbons (Fsp3) is 0.500. The van der Waals surface area contributed by atoms with E-state index in [-0.39, 0.29) is 6.61 Å². The molecular formula is C18H23N5O2. The molecule has 1 aliphatic heterocycles. The van der Waals surface area contributed by atoms with Crippen LogP contribution in [0.2, 0.25) is 0 Å².